The Morgan fingerprint density at radius 2 is 1.97 bits per heavy atom. The van der Waals surface area contributed by atoms with E-state index in [0.717, 1.165) is 29.7 Å². The van der Waals surface area contributed by atoms with Crippen molar-refractivity contribution in [2.24, 2.45) is 5.92 Å². The average molecular weight is 457 g/mol. The monoisotopic (exact) mass is 456 g/mol. The molecule has 1 aromatic carbocycles. The fourth-order valence-corrected chi connectivity index (χ4v) is 4.77. The maximum atomic E-state index is 12.6. The first kappa shape index (κ1) is 22.3. The maximum Gasteiger partial charge on any atom is 0.251 e. The predicted molar refractivity (Wildman–Crippen MR) is 122 cm³/mol. The molecule has 4 rings (SSSR count). The zero-order valence-corrected chi connectivity index (χ0v) is 19.1. The van der Waals surface area contributed by atoms with Gasteiger partial charge < -0.3 is 14.5 Å². The second-order valence-electron chi connectivity index (χ2n) is 8.34. The van der Waals surface area contributed by atoms with Crippen LogP contribution >= 0.6 is 0 Å². The number of imidazole rings is 1. The highest BCUT2D eigenvalue weighted by atomic mass is 32.2. The molecule has 0 spiro atoms. The molecule has 170 valence electrons. The fourth-order valence-electron chi connectivity index (χ4n) is 3.89. The van der Waals surface area contributed by atoms with Crippen LogP contribution in [0.5, 0.6) is 5.75 Å². The van der Waals surface area contributed by atoms with E-state index < -0.39 is 10.0 Å². The number of pyridine rings is 1. The summed E-state index contributed by atoms with van der Waals surface area (Å²) < 4.78 is 32.6. The number of carbonyl (C=O) groups excluding carboxylic acids is 1. The summed E-state index contributed by atoms with van der Waals surface area (Å²) in [7, 11) is -3.14. The molecule has 0 radical (unpaired) electrons. The number of nitrogens with zero attached hydrogens (tertiary/aromatic N) is 3. The Morgan fingerprint density at radius 3 is 2.72 bits per heavy atom. The lowest BCUT2D eigenvalue weighted by Gasteiger charge is -2.30. The summed E-state index contributed by atoms with van der Waals surface area (Å²) >= 11 is 0. The lowest BCUT2D eigenvalue weighted by molar-refractivity contribution is 0.0941. The molecular formula is C23H28N4O4S. The van der Waals surface area contributed by atoms with Crippen molar-refractivity contribution in [1.82, 2.24) is 19.0 Å². The lowest BCUT2D eigenvalue weighted by atomic mass is 9.98. The Bertz CT molecular complexity index is 1210. The zero-order chi connectivity index (χ0) is 22.7. The van der Waals surface area contributed by atoms with Gasteiger partial charge in [-0.05, 0) is 55.5 Å². The first-order chi connectivity index (χ1) is 15.3. The molecule has 1 aliphatic heterocycles. The summed E-state index contributed by atoms with van der Waals surface area (Å²) in [5.41, 5.74) is 3.36. The number of ether oxygens (including phenoxy) is 1. The van der Waals surface area contributed by atoms with E-state index in [4.69, 9.17) is 4.74 Å². The van der Waals surface area contributed by atoms with Crippen LogP contribution in [0.4, 0.5) is 0 Å². The molecule has 3 aromatic rings. The summed E-state index contributed by atoms with van der Waals surface area (Å²) in [5.74, 6) is 0.714. The van der Waals surface area contributed by atoms with Gasteiger partial charge in [0.2, 0.25) is 10.0 Å². The SMILES string of the molecule is Cc1ccc2nc(COc3cccc(C(=O)NCC4CCN(S(C)(=O)=O)CC4)c3)cn2c1. The van der Waals surface area contributed by atoms with Gasteiger partial charge in [-0.15, -0.1) is 0 Å². The minimum absolute atomic E-state index is 0.163. The molecule has 1 saturated heterocycles. The second-order valence-corrected chi connectivity index (χ2v) is 10.3. The first-order valence-electron chi connectivity index (χ1n) is 10.7. The third kappa shape index (κ3) is 5.46. The fraction of sp³-hybridized carbons (Fsp3) is 0.391. The molecule has 1 N–H and O–H groups in total. The Kier molecular flexibility index (Phi) is 6.48. The molecule has 8 nitrogen and oxygen atoms in total. The Balaban J connectivity index is 1.29. The van der Waals surface area contributed by atoms with Crippen molar-refractivity contribution in [2.45, 2.75) is 26.4 Å². The van der Waals surface area contributed by atoms with E-state index >= 15 is 0 Å². The van der Waals surface area contributed by atoms with E-state index in [-0.39, 0.29) is 11.8 Å². The summed E-state index contributed by atoms with van der Waals surface area (Å²) in [6.45, 7) is 3.88. The zero-order valence-electron chi connectivity index (χ0n) is 18.3. The summed E-state index contributed by atoms with van der Waals surface area (Å²) in [4.78, 5) is 17.1. The van der Waals surface area contributed by atoms with Gasteiger partial charge in [0.05, 0.1) is 11.9 Å². The summed E-state index contributed by atoms with van der Waals surface area (Å²) in [6, 6.07) is 11.1. The standard InChI is InChI=1S/C23H28N4O4S/c1-17-6-7-22-25-20(15-26(22)14-17)16-31-21-5-3-4-19(12-21)23(28)24-13-18-8-10-27(11-9-18)32(2,29)30/h3-7,12,14-15,18H,8-11,13,16H2,1-2H3,(H,24,28). The van der Waals surface area contributed by atoms with Crippen LogP contribution in [0.1, 0.15) is 34.5 Å². The molecular weight excluding hydrogens is 428 g/mol. The van der Waals surface area contributed by atoms with Gasteiger partial charge >= 0.3 is 0 Å². The number of rotatable bonds is 7. The average Bonchev–Trinajstić information content (AvgIpc) is 3.18. The topological polar surface area (TPSA) is 93.0 Å². The molecule has 0 atom stereocenters. The molecule has 1 amide bonds. The Hall–Kier alpha value is -2.91. The van der Waals surface area contributed by atoms with Crippen LogP contribution in [0.3, 0.4) is 0 Å². The van der Waals surface area contributed by atoms with Crippen LogP contribution in [0.2, 0.25) is 0 Å². The number of carbonyl (C=O) groups is 1. The summed E-state index contributed by atoms with van der Waals surface area (Å²) in [6.07, 6.45) is 6.68. The van der Waals surface area contributed by atoms with Crippen molar-refractivity contribution in [2.75, 3.05) is 25.9 Å². The number of fused-ring (bicyclic) bond motifs is 1. The number of aromatic nitrogens is 2. The van der Waals surface area contributed by atoms with Crippen LogP contribution < -0.4 is 10.1 Å². The van der Waals surface area contributed by atoms with E-state index in [1.807, 2.05) is 41.9 Å². The van der Waals surface area contributed by atoms with Crippen LogP contribution in [0.15, 0.2) is 48.8 Å². The van der Waals surface area contributed by atoms with Crippen molar-refractivity contribution < 1.29 is 17.9 Å². The first-order valence-corrected chi connectivity index (χ1v) is 12.5. The number of benzene rings is 1. The van der Waals surface area contributed by atoms with Crippen LogP contribution in [0, 0.1) is 12.8 Å². The number of aryl methyl sites for hydroxylation is 1. The van der Waals surface area contributed by atoms with Gasteiger partial charge in [0.25, 0.3) is 5.91 Å². The maximum absolute atomic E-state index is 12.6. The number of piperidine rings is 1. The van der Waals surface area contributed by atoms with Gasteiger partial charge in [-0.1, -0.05) is 12.1 Å². The number of sulfonamides is 1. The largest absolute Gasteiger partial charge is 0.487 e. The highest BCUT2D eigenvalue weighted by molar-refractivity contribution is 7.88. The molecule has 0 unspecified atom stereocenters. The van der Waals surface area contributed by atoms with Gasteiger partial charge in [0.15, 0.2) is 0 Å². The van der Waals surface area contributed by atoms with E-state index in [9.17, 15) is 13.2 Å². The lowest BCUT2D eigenvalue weighted by Crippen LogP contribution is -2.41. The minimum Gasteiger partial charge on any atom is -0.487 e. The van der Waals surface area contributed by atoms with Crippen molar-refractivity contribution in [3.05, 3.63) is 65.6 Å². The van der Waals surface area contributed by atoms with Gasteiger partial charge in [0.1, 0.15) is 18.0 Å². The third-order valence-electron chi connectivity index (χ3n) is 5.73. The van der Waals surface area contributed by atoms with Gasteiger partial charge in [0, 0.05) is 37.6 Å². The van der Waals surface area contributed by atoms with Crippen LogP contribution in [-0.2, 0) is 16.6 Å². The van der Waals surface area contributed by atoms with Gasteiger partial charge in [-0.2, -0.15) is 0 Å². The molecule has 0 saturated carbocycles. The third-order valence-corrected chi connectivity index (χ3v) is 7.03. The van der Waals surface area contributed by atoms with Gasteiger partial charge in [-0.3, -0.25) is 4.79 Å². The Morgan fingerprint density at radius 1 is 1.19 bits per heavy atom. The highest BCUT2D eigenvalue weighted by Crippen LogP contribution is 2.19. The number of nitrogens with one attached hydrogen (secondary N) is 1. The summed E-state index contributed by atoms with van der Waals surface area (Å²) in [5, 5.41) is 2.97. The molecule has 1 fully saturated rings. The normalized spacial score (nSPS) is 15.7. The number of hydrogen-bond acceptors (Lipinski definition) is 5. The minimum atomic E-state index is -3.14. The van der Waals surface area contributed by atoms with Crippen molar-refractivity contribution in [3.63, 3.8) is 0 Å². The van der Waals surface area contributed by atoms with E-state index in [1.165, 1.54) is 10.6 Å². The van der Waals surface area contributed by atoms with Crippen LogP contribution in [-0.4, -0.2) is 53.9 Å². The molecule has 9 heteroatoms. The van der Waals surface area contributed by atoms with E-state index in [2.05, 4.69) is 10.3 Å². The molecule has 0 bridgehead atoms. The van der Waals surface area contributed by atoms with Gasteiger partial charge in [-0.25, -0.2) is 17.7 Å². The van der Waals surface area contributed by atoms with Crippen molar-refractivity contribution in [3.8, 4) is 5.75 Å². The van der Waals surface area contributed by atoms with Crippen LogP contribution in [0.25, 0.3) is 5.65 Å². The Labute approximate surface area is 188 Å². The second kappa shape index (κ2) is 9.30. The van der Waals surface area contributed by atoms with E-state index in [1.54, 1.807) is 18.2 Å². The van der Waals surface area contributed by atoms with E-state index in [0.29, 0.717) is 37.6 Å². The number of hydrogen-bond donors (Lipinski definition) is 1. The predicted octanol–water partition coefficient (Wildman–Crippen LogP) is 2.62. The van der Waals surface area contributed by atoms with Crippen molar-refractivity contribution in [1.29, 1.82) is 0 Å². The van der Waals surface area contributed by atoms with Crippen molar-refractivity contribution >= 4 is 21.6 Å². The molecule has 32 heavy (non-hydrogen) atoms. The smallest absolute Gasteiger partial charge is 0.251 e. The molecule has 1 aliphatic rings. The molecule has 2 aromatic heterocycles. The quantitative estimate of drug-likeness (QED) is 0.590. The number of amides is 1. The molecule has 3 heterocycles. The highest BCUT2D eigenvalue weighted by Gasteiger charge is 2.25. The molecule has 0 aliphatic carbocycles.